The molecule has 272 valence electrons. The van der Waals surface area contributed by atoms with Gasteiger partial charge in [-0.05, 0) is 86.5 Å². The van der Waals surface area contributed by atoms with E-state index in [0.717, 1.165) is 11.4 Å². The van der Waals surface area contributed by atoms with Crippen molar-refractivity contribution in [2.75, 3.05) is 0 Å². The van der Waals surface area contributed by atoms with Gasteiger partial charge in [0, 0.05) is 42.7 Å². The molecule has 1 aliphatic heterocycles. The third-order valence-corrected chi connectivity index (χ3v) is 18.6. The van der Waals surface area contributed by atoms with Crippen LogP contribution in [0, 0.1) is 0 Å². The summed E-state index contributed by atoms with van der Waals surface area (Å²) in [6, 6.07) is 81.4. The molecule has 0 bridgehead atoms. The van der Waals surface area contributed by atoms with Gasteiger partial charge >= 0.3 is 0 Å². The molecular formula is C54H36N2SSi. The predicted octanol–water partition coefficient (Wildman–Crippen LogP) is 11.4. The molecule has 2 nitrogen and oxygen atoms in total. The van der Waals surface area contributed by atoms with Gasteiger partial charge in [-0.15, -0.1) is 0 Å². The lowest BCUT2D eigenvalue weighted by Gasteiger charge is -2.39. The van der Waals surface area contributed by atoms with E-state index in [-0.39, 0.29) is 0 Å². The Balaban J connectivity index is 1.14. The van der Waals surface area contributed by atoms with Gasteiger partial charge in [0.05, 0.1) is 22.1 Å². The van der Waals surface area contributed by atoms with Gasteiger partial charge in [0.15, 0.2) is 8.07 Å². The zero-order valence-corrected chi connectivity index (χ0v) is 33.4. The van der Waals surface area contributed by atoms with Crippen LogP contribution in [0.1, 0.15) is 0 Å². The Morgan fingerprint density at radius 2 is 0.810 bits per heavy atom. The van der Waals surface area contributed by atoms with Crippen LogP contribution in [0.25, 0.3) is 66.1 Å². The minimum atomic E-state index is -2.76. The molecule has 0 aliphatic carbocycles. The number of hydrogen-bond acceptors (Lipinski definition) is 1. The second kappa shape index (κ2) is 13.1. The van der Waals surface area contributed by atoms with Crippen molar-refractivity contribution >= 4 is 84.2 Å². The molecule has 0 saturated carbocycles. The largest absolute Gasteiger partial charge is 0.309 e. The zero-order chi connectivity index (χ0) is 38.2. The van der Waals surface area contributed by atoms with E-state index in [0.29, 0.717) is 0 Å². The van der Waals surface area contributed by atoms with Crippen LogP contribution in [0.15, 0.2) is 228 Å². The SMILES string of the molecule is c1ccc(-c2cccc(-n3c4ccccc4c4ccc(-n5c6ccccc6c6ccc([Si]7(c8ccccc8)c8ccccc8Sc8ccccc87)cc65)cc43)c2)cc1. The molecule has 58 heavy (non-hydrogen) atoms. The van der Waals surface area contributed by atoms with E-state index < -0.39 is 8.07 Å². The number of aromatic nitrogens is 2. The minimum Gasteiger partial charge on any atom is -0.309 e. The summed E-state index contributed by atoms with van der Waals surface area (Å²) in [6.45, 7) is 0. The Bertz CT molecular complexity index is 3330. The van der Waals surface area contributed by atoms with Gasteiger partial charge in [-0.3, -0.25) is 0 Å². The van der Waals surface area contributed by atoms with Crippen molar-refractivity contribution in [2.24, 2.45) is 0 Å². The highest BCUT2D eigenvalue weighted by Crippen LogP contribution is 2.38. The van der Waals surface area contributed by atoms with Crippen LogP contribution in [0.2, 0.25) is 0 Å². The van der Waals surface area contributed by atoms with Crippen LogP contribution in [-0.4, -0.2) is 17.2 Å². The van der Waals surface area contributed by atoms with E-state index >= 15 is 0 Å². The maximum absolute atomic E-state index is 2.76. The van der Waals surface area contributed by atoms with Gasteiger partial charge in [0.25, 0.3) is 0 Å². The molecular weight excluding hydrogens is 737 g/mol. The van der Waals surface area contributed by atoms with Crippen molar-refractivity contribution < 1.29 is 0 Å². The van der Waals surface area contributed by atoms with Crippen LogP contribution in [0.4, 0.5) is 0 Å². The Morgan fingerprint density at radius 1 is 0.310 bits per heavy atom. The van der Waals surface area contributed by atoms with Gasteiger partial charge in [0.2, 0.25) is 0 Å². The quantitative estimate of drug-likeness (QED) is 0.158. The summed E-state index contributed by atoms with van der Waals surface area (Å²) in [6.07, 6.45) is 0. The summed E-state index contributed by atoms with van der Waals surface area (Å²) in [5.74, 6) is 0. The van der Waals surface area contributed by atoms with Crippen molar-refractivity contribution in [2.45, 2.75) is 9.79 Å². The van der Waals surface area contributed by atoms with Gasteiger partial charge in [0.1, 0.15) is 0 Å². The summed E-state index contributed by atoms with van der Waals surface area (Å²) in [7, 11) is -2.76. The Labute approximate surface area is 342 Å². The van der Waals surface area contributed by atoms with Crippen LogP contribution in [0.5, 0.6) is 0 Å². The Kier molecular flexibility index (Phi) is 7.52. The van der Waals surface area contributed by atoms with E-state index in [4.69, 9.17) is 0 Å². The summed E-state index contributed by atoms with van der Waals surface area (Å²) in [5, 5.41) is 10.7. The molecule has 12 rings (SSSR count). The molecule has 4 heteroatoms. The second-order valence-electron chi connectivity index (χ2n) is 15.3. The first-order valence-electron chi connectivity index (χ1n) is 19.9. The number of para-hydroxylation sites is 2. The topological polar surface area (TPSA) is 9.86 Å². The molecule has 0 spiro atoms. The lowest BCUT2D eigenvalue weighted by atomic mass is 10.1. The average Bonchev–Trinajstić information content (AvgIpc) is 3.81. The fourth-order valence-electron chi connectivity index (χ4n) is 9.78. The zero-order valence-electron chi connectivity index (χ0n) is 31.6. The smallest absolute Gasteiger partial charge is 0.181 e. The Hall–Kier alpha value is -6.85. The number of benzene rings is 9. The van der Waals surface area contributed by atoms with Crippen LogP contribution < -0.4 is 20.7 Å². The number of fused-ring (bicyclic) bond motifs is 8. The molecule has 0 unspecified atom stereocenters. The van der Waals surface area contributed by atoms with E-state index in [2.05, 4.69) is 228 Å². The van der Waals surface area contributed by atoms with Gasteiger partial charge in [-0.2, -0.15) is 0 Å². The molecule has 2 aromatic heterocycles. The first-order valence-corrected chi connectivity index (χ1v) is 22.7. The lowest BCUT2D eigenvalue weighted by Crippen LogP contribution is -2.76. The fourth-order valence-corrected chi connectivity index (χ4v) is 16.7. The van der Waals surface area contributed by atoms with E-state index in [9.17, 15) is 0 Å². The molecule has 0 saturated heterocycles. The molecule has 0 atom stereocenters. The minimum absolute atomic E-state index is 1.15. The molecule has 0 radical (unpaired) electrons. The fraction of sp³-hybridized carbons (Fsp3) is 0. The lowest BCUT2D eigenvalue weighted by molar-refractivity contribution is 1.16. The number of hydrogen-bond donors (Lipinski definition) is 0. The van der Waals surface area contributed by atoms with Crippen molar-refractivity contribution in [3.8, 4) is 22.5 Å². The summed E-state index contributed by atoms with van der Waals surface area (Å²) >= 11 is 1.91. The normalized spacial score (nSPS) is 13.2. The molecule has 0 amide bonds. The van der Waals surface area contributed by atoms with Crippen molar-refractivity contribution in [3.05, 3.63) is 218 Å². The molecule has 1 aliphatic rings. The summed E-state index contributed by atoms with van der Waals surface area (Å²) in [4.78, 5) is 2.71. The van der Waals surface area contributed by atoms with E-state index in [1.54, 1.807) is 0 Å². The molecule has 3 heterocycles. The maximum Gasteiger partial charge on any atom is 0.181 e. The van der Waals surface area contributed by atoms with E-state index in [1.165, 1.54) is 85.3 Å². The average molecular weight is 773 g/mol. The van der Waals surface area contributed by atoms with Gasteiger partial charge < -0.3 is 9.13 Å². The highest BCUT2D eigenvalue weighted by Gasteiger charge is 2.47. The highest BCUT2D eigenvalue weighted by atomic mass is 32.2. The maximum atomic E-state index is 2.54. The first kappa shape index (κ1) is 33.3. The number of nitrogens with zero attached hydrogens (tertiary/aromatic N) is 2. The van der Waals surface area contributed by atoms with Crippen LogP contribution in [0.3, 0.4) is 0 Å². The van der Waals surface area contributed by atoms with E-state index in [1.807, 2.05) is 11.8 Å². The standard InChI is InChI=1S/C54H36N2SSi/c1-3-16-37(17-4-1)38-18-15-19-39(34-38)55-47-24-9-7-22-43(47)45-32-30-40(35-49(45)55)56-48-25-10-8-23-44(48)46-33-31-42(36-50(46)56)58(41-20-5-2-6-21-41)53-28-13-11-26-51(53)57-52-27-12-14-29-54(52)58/h1-36H. The molecule has 0 N–H and O–H groups in total. The van der Waals surface area contributed by atoms with Crippen molar-refractivity contribution in [3.63, 3.8) is 0 Å². The second-order valence-corrected chi connectivity index (χ2v) is 20.1. The highest BCUT2D eigenvalue weighted by molar-refractivity contribution is 8.00. The van der Waals surface area contributed by atoms with Gasteiger partial charge in [-0.25, -0.2) is 0 Å². The van der Waals surface area contributed by atoms with Crippen molar-refractivity contribution in [1.82, 2.24) is 9.13 Å². The molecule has 11 aromatic rings. The monoisotopic (exact) mass is 772 g/mol. The predicted molar refractivity (Wildman–Crippen MR) is 248 cm³/mol. The first-order chi connectivity index (χ1) is 28.8. The summed E-state index contributed by atoms with van der Waals surface area (Å²) < 4.78 is 4.96. The van der Waals surface area contributed by atoms with Crippen molar-refractivity contribution in [1.29, 1.82) is 0 Å². The third-order valence-electron chi connectivity index (χ3n) is 12.2. The molecule has 0 fully saturated rings. The number of rotatable bonds is 5. The Morgan fingerprint density at radius 3 is 1.48 bits per heavy atom. The molecule has 9 aromatic carbocycles. The third kappa shape index (κ3) is 4.86. The van der Waals surface area contributed by atoms with Crippen LogP contribution in [-0.2, 0) is 0 Å². The van der Waals surface area contributed by atoms with Crippen LogP contribution >= 0.6 is 11.8 Å². The van der Waals surface area contributed by atoms with Gasteiger partial charge in [-0.1, -0.05) is 176 Å². The summed E-state index contributed by atoms with van der Waals surface area (Å²) in [5.41, 5.74) is 9.54.